The maximum absolute atomic E-state index is 12.5. The Labute approximate surface area is 153 Å². The molecule has 27 heavy (non-hydrogen) atoms. The van der Waals surface area contributed by atoms with Crippen molar-refractivity contribution in [1.82, 2.24) is 15.3 Å². The van der Waals surface area contributed by atoms with Crippen molar-refractivity contribution in [3.8, 4) is 0 Å². The van der Waals surface area contributed by atoms with Crippen LogP contribution in [-0.2, 0) is 17.4 Å². The number of aromatic nitrogens is 2. The maximum Gasteiger partial charge on any atom is 0.416 e. The molecule has 0 atom stereocenters. The standard InChI is InChI=1S/C20H16F3N3O/c21-20(22,23)15-7-5-14(6-8-15)11-12-24-19(27)10-9-16-13-25-17-3-1-2-4-18(17)26-16/h1-10,13H,11-12H2,(H,24,27)/b10-9+. The first-order valence-electron chi connectivity index (χ1n) is 8.26. The molecule has 0 aliphatic heterocycles. The van der Waals surface area contributed by atoms with Gasteiger partial charge in [0.1, 0.15) is 0 Å². The molecule has 0 saturated carbocycles. The van der Waals surface area contributed by atoms with E-state index < -0.39 is 11.7 Å². The first-order valence-corrected chi connectivity index (χ1v) is 8.26. The smallest absolute Gasteiger partial charge is 0.352 e. The average Bonchev–Trinajstić information content (AvgIpc) is 2.66. The molecular formula is C20H16F3N3O. The third-order valence-electron chi connectivity index (χ3n) is 3.87. The number of hydrogen-bond donors (Lipinski definition) is 1. The van der Waals surface area contributed by atoms with Gasteiger partial charge in [0.15, 0.2) is 0 Å². The van der Waals surface area contributed by atoms with Crippen LogP contribution in [0.5, 0.6) is 0 Å². The molecule has 4 nitrogen and oxygen atoms in total. The van der Waals surface area contributed by atoms with Crippen LogP contribution in [0.15, 0.2) is 60.8 Å². The van der Waals surface area contributed by atoms with E-state index in [0.717, 1.165) is 23.2 Å². The van der Waals surface area contributed by atoms with Gasteiger partial charge in [0, 0.05) is 12.6 Å². The van der Waals surface area contributed by atoms with Gasteiger partial charge in [-0.15, -0.1) is 0 Å². The van der Waals surface area contributed by atoms with Crippen LogP contribution in [0.1, 0.15) is 16.8 Å². The minimum absolute atomic E-state index is 0.308. The third kappa shape index (κ3) is 5.13. The molecule has 3 aromatic rings. The molecule has 0 spiro atoms. The lowest BCUT2D eigenvalue weighted by molar-refractivity contribution is -0.137. The molecule has 1 heterocycles. The Hall–Kier alpha value is -3.22. The molecular weight excluding hydrogens is 355 g/mol. The van der Waals surface area contributed by atoms with Gasteiger partial charge in [-0.3, -0.25) is 9.78 Å². The topological polar surface area (TPSA) is 54.9 Å². The van der Waals surface area contributed by atoms with E-state index in [-0.39, 0.29) is 5.91 Å². The number of para-hydroxylation sites is 2. The summed E-state index contributed by atoms with van der Waals surface area (Å²) in [5, 5.41) is 2.69. The van der Waals surface area contributed by atoms with Gasteiger partial charge < -0.3 is 5.32 Å². The van der Waals surface area contributed by atoms with Crippen molar-refractivity contribution in [2.75, 3.05) is 6.54 Å². The van der Waals surface area contributed by atoms with Crippen molar-refractivity contribution in [3.05, 3.63) is 77.6 Å². The van der Waals surface area contributed by atoms with Crippen LogP contribution in [0, 0.1) is 0 Å². The number of nitrogens with one attached hydrogen (secondary N) is 1. The second-order valence-electron chi connectivity index (χ2n) is 5.85. The number of nitrogens with zero attached hydrogens (tertiary/aromatic N) is 2. The fourth-order valence-electron chi connectivity index (χ4n) is 2.46. The van der Waals surface area contributed by atoms with Crippen molar-refractivity contribution in [2.45, 2.75) is 12.6 Å². The Kier molecular flexibility index (Phi) is 5.49. The minimum atomic E-state index is -4.34. The third-order valence-corrected chi connectivity index (χ3v) is 3.87. The number of amides is 1. The quantitative estimate of drug-likeness (QED) is 0.689. The number of hydrogen-bond acceptors (Lipinski definition) is 3. The summed E-state index contributed by atoms with van der Waals surface area (Å²) in [6.07, 6.45) is 0.587. The lowest BCUT2D eigenvalue weighted by Gasteiger charge is -2.07. The number of rotatable bonds is 5. The van der Waals surface area contributed by atoms with E-state index in [4.69, 9.17) is 0 Å². The van der Waals surface area contributed by atoms with Crippen LogP contribution >= 0.6 is 0 Å². The molecule has 1 N–H and O–H groups in total. The van der Waals surface area contributed by atoms with Gasteiger partial charge in [-0.05, 0) is 42.3 Å². The molecule has 0 bridgehead atoms. The number of carbonyl (C=O) groups is 1. The Morgan fingerprint density at radius 1 is 1.04 bits per heavy atom. The molecule has 138 valence electrons. The van der Waals surface area contributed by atoms with Crippen LogP contribution in [0.4, 0.5) is 13.2 Å². The van der Waals surface area contributed by atoms with Gasteiger partial charge in [-0.2, -0.15) is 13.2 Å². The zero-order valence-corrected chi connectivity index (χ0v) is 14.2. The molecule has 3 rings (SSSR count). The van der Waals surface area contributed by atoms with Crippen LogP contribution in [0.3, 0.4) is 0 Å². The summed E-state index contributed by atoms with van der Waals surface area (Å²) >= 11 is 0. The van der Waals surface area contributed by atoms with Gasteiger partial charge >= 0.3 is 6.18 Å². The normalized spacial score (nSPS) is 11.8. The van der Waals surface area contributed by atoms with E-state index in [0.29, 0.717) is 24.2 Å². The summed E-state index contributed by atoms with van der Waals surface area (Å²) in [4.78, 5) is 20.5. The van der Waals surface area contributed by atoms with Crippen molar-refractivity contribution in [3.63, 3.8) is 0 Å². The highest BCUT2D eigenvalue weighted by atomic mass is 19.4. The van der Waals surface area contributed by atoms with E-state index in [1.54, 1.807) is 12.3 Å². The van der Waals surface area contributed by atoms with Gasteiger partial charge in [0.25, 0.3) is 0 Å². The van der Waals surface area contributed by atoms with Crippen LogP contribution < -0.4 is 5.32 Å². The largest absolute Gasteiger partial charge is 0.416 e. The second-order valence-corrected chi connectivity index (χ2v) is 5.85. The van der Waals surface area contributed by atoms with E-state index in [1.165, 1.54) is 18.2 Å². The van der Waals surface area contributed by atoms with Gasteiger partial charge in [-0.25, -0.2) is 4.98 Å². The van der Waals surface area contributed by atoms with E-state index in [2.05, 4.69) is 15.3 Å². The summed E-state index contributed by atoms with van der Waals surface area (Å²) in [5.41, 5.74) is 2.10. The number of fused-ring (bicyclic) bond motifs is 1. The SMILES string of the molecule is O=C(/C=C/c1cnc2ccccc2n1)NCCc1ccc(C(F)(F)F)cc1. The van der Waals surface area contributed by atoms with E-state index >= 15 is 0 Å². The van der Waals surface area contributed by atoms with Crippen LogP contribution in [-0.4, -0.2) is 22.4 Å². The summed E-state index contributed by atoms with van der Waals surface area (Å²) < 4.78 is 37.5. The van der Waals surface area contributed by atoms with Gasteiger partial charge in [-0.1, -0.05) is 24.3 Å². The van der Waals surface area contributed by atoms with Crippen molar-refractivity contribution in [1.29, 1.82) is 0 Å². The molecule has 0 saturated heterocycles. The highest BCUT2D eigenvalue weighted by Gasteiger charge is 2.29. The molecule has 0 fully saturated rings. The highest BCUT2D eigenvalue weighted by Crippen LogP contribution is 2.29. The summed E-state index contributed by atoms with van der Waals surface area (Å²) in [6.45, 7) is 0.317. The summed E-state index contributed by atoms with van der Waals surface area (Å²) in [6, 6.07) is 12.3. The Bertz CT molecular complexity index is 966. The molecule has 1 amide bonds. The maximum atomic E-state index is 12.5. The summed E-state index contributed by atoms with van der Waals surface area (Å²) in [7, 11) is 0. The van der Waals surface area contributed by atoms with Crippen molar-refractivity contribution < 1.29 is 18.0 Å². The van der Waals surface area contributed by atoms with E-state index in [9.17, 15) is 18.0 Å². The number of carbonyl (C=O) groups excluding carboxylic acids is 1. The molecule has 7 heteroatoms. The van der Waals surface area contributed by atoms with Crippen molar-refractivity contribution in [2.24, 2.45) is 0 Å². The first-order chi connectivity index (χ1) is 12.9. The Morgan fingerprint density at radius 3 is 2.44 bits per heavy atom. The fraction of sp³-hybridized carbons (Fsp3) is 0.150. The Morgan fingerprint density at radius 2 is 1.74 bits per heavy atom. The zero-order valence-electron chi connectivity index (χ0n) is 14.2. The fourth-order valence-corrected chi connectivity index (χ4v) is 2.46. The molecule has 2 aromatic carbocycles. The average molecular weight is 371 g/mol. The first kappa shape index (κ1) is 18.6. The molecule has 0 aliphatic carbocycles. The van der Waals surface area contributed by atoms with Gasteiger partial charge in [0.2, 0.25) is 5.91 Å². The lowest BCUT2D eigenvalue weighted by Crippen LogP contribution is -2.23. The lowest BCUT2D eigenvalue weighted by atomic mass is 10.1. The number of alkyl halides is 3. The molecule has 1 aromatic heterocycles. The Balaban J connectivity index is 1.51. The van der Waals surface area contributed by atoms with Gasteiger partial charge in [0.05, 0.1) is 28.5 Å². The van der Waals surface area contributed by atoms with E-state index in [1.807, 2.05) is 24.3 Å². The minimum Gasteiger partial charge on any atom is -0.352 e. The second kappa shape index (κ2) is 7.99. The number of halogens is 3. The molecule has 0 unspecified atom stereocenters. The number of benzene rings is 2. The van der Waals surface area contributed by atoms with Crippen LogP contribution in [0.2, 0.25) is 0 Å². The molecule has 0 radical (unpaired) electrons. The predicted octanol–water partition coefficient (Wildman–Crippen LogP) is 4.02. The highest BCUT2D eigenvalue weighted by molar-refractivity contribution is 5.91. The van der Waals surface area contributed by atoms with Crippen LogP contribution in [0.25, 0.3) is 17.1 Å². The monoisotopic (exact) mass is 371 g/mol. The zero-order chi connectivity index (χ0) is 19.3. The predicted molar refractivity (Wildman–Crippen MR) is 96.7 cm³/mol. The van der Waals surface area contributed by atoms with Crippen molar-refractivity contribution >= 4 is 23.0 Å². The molecule has 0 aliphatic rings. The summed E-state index contributed by atoms with van der Waals surface area (Å²) in [5.74, 6) is -0.308.